The van der Waals surface area contributed by atoms with E-state index in [1.807, 2.05) is 0 Å². The lowest BCUT2D eigenvalue weighted by atomic mass is 10.1. The first kappa shape index (κ1) is 23.4. The van der Waals surface area contributed by atoms with E-state index in [-0.39, 0.29) is 12.6 Å². The Labute approximate surface area is 194 Å². The van der Waals surface area contributed by atoms with E-state index >= 15 is 0 Å². The Morgan fingerprint density at radius 1 is 1.21 bits per heavy atom. The highest BCUT2D eigenvalue weighted by molar-refractivity contribution is 5.88. The van der Waals surface area contributed by atoms with E-state index in [1.54, 1.807) is 41.3 Å². The van der Waals surface area contributed by atoms with Gasteiger partial charge in [-0.15, -0.1) is 0 Å². The van der Waals surface area contributed by atoms with E-state index in [2.05, 4.69) is 15.3 Å². The van der Waals surface area contributed by atoms with Crippen molar-refractivity contribution >= 4 is 22.6 Å². The van der Waals surface area contributed by atoms with Crippen molar-refractivity contribution in [3.63, 3.8) is 0 Å². The largest absolute Gasteiger partial charge is 0.493 e. The molecule has 0 aliphatic carbocycles. The molecule has 0 unspecified atom stereocenters. The van der Waals surface area contributed by atoms with E-state index in [1.165, 1.54) is 13.4 Å². The minimum absolute atomic E-state index is 0.113. The van der Waals surface area contributed by atoms with Crippen LogP contribution in [0, 0.1) is 0 Å². The lowest BCUT2D eigenvalue weighted by molar-refractivity contribution is 0.0471. The fraction of sp³-hybridized carbons (Fsp3) is 0.348. The van der Waals surface area contributed by atoms with Gasteiger partial charge in [0, 0.05) is 30.9 Å². The lowest BCUT2D eigenvalue weighted by Crippen LogP contribution is -2.40. The molecule has 180 valence electrons. The maximum atomic E-state index is 12.6. The van der Waals surface area contributed by atoms with E-state index in [0.717, 1.165) is 0 Å². The molecule has 4 rings (SSSR count). The molecule has 2 heterocycles. The number of nitrogens with one attached hydrogen (secondary N) is 1. The standard InChI is InChI=1S/C23H25F2N5O4/c1-32-19-10-17-18(11-20(19)33-15-5-7-30(8-6-15)12-21(24)25)27-13-28-22(17)34-16-4-2-3-14(9-16)29-23(26)31/h2-4,9-11,13,15,21H,5-8,12H2,1H3,(H3,26,29,31). The summed E-state index contributed by atoms with van der Waals surface area (Å²) in [4.78, 5) is 21.4. The predicted octanol–water partition coefficient (Wildman–Crippen LogP) is 4.03. The molecule has 0 bridgehead atoms. The third kappa shape index (κ3) is 5.79. The van der Waals surface area contributed by atoms with Gasteiger partial charge in [-0.05, 0) is 31.0 Å². The molecule has 2 amide bonds. The van der Waals surface area contributed by atoms with Crippen molar-refractivity contribution in [2.24, 2.45) is 5.73 Å². The number of nitrogens with two attached hydrogens (primary N) is 1. The maximum Gasteiger partial charge on any atom is 0.316 e. The van der Waals surface area contributed by atoms with Crippen LogP contribution in [0.1, 0.15) is 12.8 Å². The van der Waals surface area contributed by atoms with Gasteiger partial charge in [0.15, 0.2) is 11.5 Å². The maximum absolute atomic E-state index is 12.6. The van der Waals surface area contributed by atoms with Gasteiger partial charge in [0.2, 0.25) is 5.88 Å². The van der Waals surface area contributed by atoms with Gasteiger partial charge in [0.25, 0.3) is 6.43 Å². The fourth-order valence-corrected chi connectivity index (χ4v) is 3.85. The summed E-state index contributed by atoms with van der Waals surface area (Å²) in [5.74, 6) is 1.73. The normalized spacial score (nSPS) is 14.8. The van der Waals surface area contributed by atoms with Gasteiger partial charge in [-0.3, -0.25) is 4.90 Å². The third-order valence-electron chi connectivity index (χ3n) is 5.42. The van der Waals surface area contributed by atoms with Crippen molar-refractivity contribution in [3.8, 4) is 23.1 Å². The van der Waals surface area contributed by atoms with Gasteiger partial charge in [-0.1, -0.05) is 6.07 Å². The lowest BCUT2D eigenvalue weighted by Gasteiger charge is -2.32. The van der Waals surface area contributed by atoms with Crippen molar-refractivity contribution in [2.75, 3.05) is 32.1 Å². The van der Waals surface area contributed by atoms with Gasteiger partial charge < -0.3 is 25.3 Å². The van der Waals surface area contributed by atoms with Crippen LogP contribution < -0.4 is 25.3 Å². The highest BCUT2D eigenvalue weighted by Gasteiger charge is 2.24. The summed E-state index contributed by atoms with van der Waals surface area (Å²) < 4.78 is 42.9. The second-order valence-electron chi connectivity index (χ2n) is 7.83. The van der Waals surface area contributed by atoms with Gasteiger partial charge >= 0.3 is 6.03 Å². The number of hydrogen-bond donors (Lipinski definition) is 2. The predicted molar refractivity (Wildman–Crippen MR) is 122 cm³/mol. The van der Waals surface area contributed by atoms with Gasteiger partial charge in [0.05, 0.1) is 24.6 Å². The number of carbonyl (C=O) groups excluding carboxylic acids is 1. The molecule has 3 aromatic rings. The summed E-state index contributed by atoms with van der Waals surface area (Å²) in [6.45, 7) is 0.886. The number of aromatic nitrogens is 2. The van der Waals surface area contributed by atoms with Crippen LogP contribution in [0.4, 0.5) is 19.3 Å². The van der Waals surface area contributed by atoms with Crippen molar-refractivity contribution in [3.05, 3.63) is 42.7 Å². The molecule has 2 aromatic carbocycles. The zero-order chi connectivity index (χ0) is 24.1. The summed E-state index contributed by atoms with van der Waals surface area (Å²) in [7, 11) is 1.53. The van der Waals surface area contributed by atoms with Crippen molar-refractivity contribution < 1.29 is 27.8 Å². The Morgan fingerprint density at radius 3 is 2.71 bits per heavy atom. The van der Waals surface area contributed by atoms with Crippen LogP contribution in [0.25, 0.3) is 10.9 Å². The molecule has 0 radical (unpaired) electrons. The number of urea groups is 1. The number of rotatable bonds is 8. The van der Waals surface area contributed by atoms with E-state index in [4.69, 9.17) is 19.9 Å². The summed E-state index contributed by atoms with van der Waals surface area (Å²) in [5, 5.41) is 3.10. The molecule has 1 aliphatic heterocycles. The number of primary amides is 1. The quantitative estimate of drug-likeness (QED) is 0.508. The van der Waals surface area contributed by atoms with Crippen LogP contribution in [0.3, 0.4) is 0 Å². The second-order valence-corrected chi connectivity index (χ2v) is 7.83. The Morgan fingerprint density at radius 2 is 2.00 bits per heavy atom. The molecule has 9 nitrogen and oxygen atoms in total. The molecule has 1 aliphatic rings. The van der Waals surface area contributed by atoms with Crippen molar-refractivity contribution in [1.29, 1.82) is 0 Å². The van der Waals surface area contributed by atoms with Gasteiger partial charge in [-0.2, -0.15) is 0 Å². The number of halogens is 2. The SMILES string of the molecule is COc1cc2c(Oc3cccc(NC(N)=O)c3)ncnc2cc1OC1CCN(CC(F)F)CC1. The molecule has 1 saturated heterocycles. The average Bonchev–Trinajstić information content (AvgIpc) is 2.79. The number of benzene rings is 2. The summed E-state index contributed by atoms with van der Waals surface area (Å²) in [6.07, 6.45) is 0.209. The number of piperidine rings is 1. The summed E-state index contributed by atoms with van der Waals surface area (Å²) in [6, 6.07) is 9.53. The Hall–Kier alpha value is -3.73. The fourth-order valence-electron chi connectivity index (χ4n) is 3.85. The molecule has 0 spiro atoms. The highest BCUT2D eigenvalue weighted by atomic mass is 19.3. The first-order valence-electron chi connectivity index (χ1n) is 10.8. The first-order chi connectivity index (χ1) is 16.4. The number of ether oxygens (including phenoxy) is 3. The molecular weight excluding hydrogens is 448 g/mol. The van der Waals surface area contributed by atoms with Crippen molar-refractivity contribution in [2.45, 2.75) is 25.4 Å². The zero-order valence-electron chi connectivity index (χ0n) is 18.5. The second kappa shape index (κ2) is 10.5. The van der Waals surface area contributed by atoms with Crippen LogP contribution in [0.5, 0.6) is 23.1 Å². The van der Waals surface area contributed by atoms with Crippen LogP contribution in [-0.4, -0.2) is 60.2 Å². The number of amides is 2. The number of likely N-dealkylation sites (tertiary alicyclic amines) is 1. The minimum Gasteiger partial charge on any atom is -0.493 e. The summed E-state index contributed by atoms with van der Waals surface area (Å²) >= 11 is 0. The smallest absolute Gasteiger partial charge is 0.316 e. The van der Waals surface area contributed by atoms with E-state index < -0.39 is 12.5 Å². The van der Waals surface area contributed by atoms with Crippen LogP contribution in [0.2, 0.25) is 0 Å². The molecule has 1 aromatic heterocycles. The number of fused-ring (bicyclic) bond motifs is 1. The number of anilines is 1. The van der Waals surface area contributed by atoms with Crippen LogP contribution in [-0.2, 0) is 0 Å². The van der Waals surface area contributed by atoms with Crippen LogP contribution in [0.15, 0.2) is 42.7 Å². The zero-order valence-corrected chi connectivity index (χ0v) is 18.5. The minimum atomic E-state index is -2.34. The number of nitrogens with zero attached hydrogens (tertiary/aromatic N) is 3. The van der Waals surface area contributed by atoms with E-state index in [0.29, 0.717) is 65.6 Å². The average molecular weight is 473 g/mol. The molecule has 34 heavy (non-hydrogen) atoms. The molecule has 3 N–H and O–H groups in total. The van der Waals surface area contributed by atoms with Gasteiger partial charge in [0.1, 0.15) is 18.2 Å². The number of carbonyl (C=O) groups is 1. The van der Waals surface area contributed by atoms with E-state index in [9.17, 15) is 13.6 Å². The molecular formula is C23H25F2N5O4. The van der Waals surface area contributed by atoms with Crippen LogP contribution >= 0.6 is 0 Å². The molecule has 1 fully saturated rings. The molecule has 11 heteroatoms. The van der Waals surface area contributed by atoms with Crippen molar-refractivity contribution in [1.82, 2.24) is 14.9 Å². The number of alkyl halides is 2. The Bertz CT molecular complexity index is 1160. The highest BCUT2D eigenvalue weighted by Crippen LogP contribution is 2.37. The monoisotopic (exact) mass is 473 g/mol. The topological polar surface area (TPSA) is 112 Å². The molecule has 0 saturated carbocycles. The number of hydrogen-bond acceptors (Lipinski definition) is 7. The van der Waals surface area contributed by atoms with Gasteiger partial charge in [-0.25, -0.2) is 23.5 Å². The Kier molecular flexibility index (Phi) is 7.21. The molecule has 0 atom stereocenters. The third-order valence-corrected chi connectivity index (χ3v) is 5.42. The Balaban J connectivity index is 1.53. The first-order valence-corrected chi connectivity index (χ1v) is 10.8. The number of methoxy groups -OCH3 is 1. The summed E-state index contributed by atoms with van der Waals surface area (Å²) in [5.41, 5.74) is 6.24.